The van der Waals surface area contributed by atoms with Gasteiger partial charge in [-0.05, 0) is 38.2 Å². The second-order valence-electron chi connectivity index (χ2n) is 5.24. The van der Waals surface area contributed by atoms with Gasteiger partial charge in [-0.3, -0.25) is 0 Å². The number of nitrogens with zero attached hydrogens (tertiary/aromatic N) is 4. The van der Waals surface area contributed by atoms with Gasteiger partial charge in [0.15, 0.2) is 0 Å². The van der Waals surface area contributed by atoms with E-state index in [0.717, 1.165) is 30.8 Å². The molecule has 7 heteroatoms. The molecule has 0 aromatic carbocycles. The first-order valence-corrected chi connectivity index (χ1v) is 7.38. The zero-order valence-corrected chi connectivity index (χ0v) is 12.2. The van der Waals surface area contributed by atoms with Crippen molar-refractivity contribution >= 4 is 6.01 Å². The fraction of sp³-hybridized carbons (Fsp3) is 0.571. The van der Waals surface area contributed by atoms with Gasteiger partial charge in [-0.25, -0.2) is 9.97 Å². The highest BCUT2D eigenvalue weighted by molar-refractivity contribution is 5.27. The van der Waals surface area contributed by atoms with E-state index in [-0.39, 0.29) is 6.54 Å². The van der Waals surface area contributed by atoms with Gasteiger partial charge in [-0.15, -0.1) is 5.10 Å². The maximum Gasteiger partial charge on any atom is 0.315 e. The van der Waals surface area contributed by atoms with Crippen LogP contribution in [0.1, 0.15) is 41.5 Å². The van der Waals surface area contributed by atoms with Crippen LogP contribution in [0.3, 0.4) is 0 Å². The van der Waals surface area contributed by atoms with E-state index in [0.29, 0.717) is 18.5 Å². The summed E-state index contributed by atoms with van der Waals surface area (Å²) in [5.41, 5.74) is 9.12. The Morgan fingerprint density at radius 1 is 1.19 bits per heavy atom. The first-order valence-electron chi connectivity index (χ1n) is 7.38. The lowest BCUT2D eigenvalue weighted by Gasteiger charge is -2.17. The van der Waals surface area contributed by atoms with Gasteiger partial charge < -0.3 is 15.5 Å². The summed E-state index contributed by atoms with van der Waals surface area (Å²) in [5, 5.41) is 10.7. The van der Waals surface area contributed by atoms with Crippen LogP contribution in [0.4, 0.5) is 6.01 Å². The van der Waals surface area contributed by atoms with Gasteiger partial charge in [0.25, 0.3) is 0 Å². The summed E-state index contributed by atoms with van der Waals surface area (Å²) in [4.78, 5) is 9.29. The Bertz CT molecular complexity index is 624. The number of rotatable bonds is 5. The van der Waals surface area contributed by atoms with Gasteiger partial charge in [-0.1, -0.05) is 5.10 Å². The van der Waals surface area contributed by atoms with Crippen molar-refractivity contribution in [1.82, 2.24) is 20.2 Å². The molecule has 0 saturated carbocycles. The predicted molar refractivity (Wildman–Crippen MR) is 77.8 cm³/mol. The lowest BCUT2D eigenvalue weighted by atomic mass is 9.95. The Hall–Kier alpha value is -2.02. The van der Waals surface area contributed by atoms with Gasteiger partial charge in [-0.2, -0.15) is 0 Å². The van der Waals surface area contributed by atoms with Crippen molar-refractivity contribution in [2.45, 2.75) is 45.6 Å². The summed E-state index contributed by atoms with van der Waals surface area (Å²) < 4.78 is 5.29. The minimum Gasteiger partial charge on any atom is -0.407 e. The van der Waals surface area contributed by atoms with Crippen LogP contribution in [0.5, 0.6) is 0 Å². The molecule has 1 aliphatic rings. The molecule has 0 atom stereocenters. The molecule has 2 aromatic heterocycles. The van der Waals surface area contributed by atoms with Gasteiger partial charge in [0.1, 0.15) is 5.82 Å². The Labute approximate surface area is 123 Å². The smallest absolute Gasteiger partial charge is 0.315 e. The first kappa shape index (κ1) is 13.9. The number of hydrogen-bond acceptors (Lipinski definition) is 7. The van der Waals surface area contributed by atoms with Crippen LogP contribution in [0.15, 0.2) is 4.42 Å². The van der Waals surface area contributed by atoms with E-state index >= 15 is 0 Å². The van der Waals surface area contributed by atoms with E-state index in [9.17, 15) is 0 Å². The fourth-order valence-corrected chi connectivity index (χ4v) is 2.64. The topological polar surface area (TPSA) is 103 Å². The molecule has 3 rings (SSSR count). The normalized spacial score (nSPS) is 14.0. The van der Waals surface area contributed by atoms with Crippen molar-refractivity contribution in [3.8, 4) is 0 Å². The van der Waals surface area contributed by atoms with E-state index in [1.807, 2.05) is 0 Å². The molecule has 2 aromatic rings. The third kappa shape index (κ3) is 3.18. The summed E-state index contributed by atoms with van der Waals surface area (Å²) in [6.45, 7) is 2.99. The minimum absolute atomic E-state index is 0.252. The van der Waals surface area contributed by atoms with E-state index in [2.05, 4.69) is 32.4 Å². The molecule has 0 amide bonds. The summed E-state index contributed by atoms with van der Waals surface area (Å²) in [6, 6.07) is 0.394. The minimum atomic E-state index is 0.252. The Kier molecular flexibility index (Phi) is 4.10. The van der Waals surface area contributed by atoms with Crippen LogP contribution >= 0.6 is 0 Å². The number of aromatic nitrogens is 4. The van der Waals surface area contributed by atoms with E-state index in [4.69, 9.17) is 10.2 Å². The second kappa shape index (κ2) is 6.17. The quantitative estimate of drug-likeness (QED) is 0.851. The predicted octanol–water partition coefficient (Wildman–Crippen LogP) is 1.16. The van der Waals surface area contributed by atoms with Crippen molar-refractivity contribution in [3.63, 3.8) is 0 Å². The monoisotopic (exact) mass is 288 g/mol. The highest BCUT2D eigenvalue weighted by Crippen LogP contribution is 2.21. The first-order chi connectivity index (χ1) is 10.3. The molecule has 0 unspecified atom stereocenters. The molecule has 0 saturated heterocycles. The molecule has 2 heterocycles. The van der Waals surface area contributed by atoms with Crippen LogP contribution in [0, 0.1) is 6.92 Å². The lowest BCUT2D eigenvalue weighted by molar-refractivity contribution is 0.507. The molecule has 0 spiro atoms. The van der Waals surface area contributed by atoms with Gasteiger partial charge in [0.05, 0.1) is 6.54 Å². The molecule has 1 aliphatic carbocycles. The van der Waals surface area contributed by atoms with Gasteiger partial charge in [0, 0.05) is 24.4 Å². The van der Waals surface area contributed by atoms with Crippen LogP contribution < -0.4 is 11.1 Å². The average molecular weight is 288 g/mol. The number of anilines is 1. The number of nitrogens with two attached hydrogens (primary N) is 1. The fourth-order valence-electron chi connectivity index (χ4n) is 2.64. The zero-order chi connectivity index (χ0) is 14.7. The van der Waals surface area contributed by atoms with Crippen molar-refractivity contribution in [3.05, 3.63) is 28.7 Å². The average Bonchev–Trinajstić information content (AvgIpc) is 2.95. The van der Waals surface area contributed by atoms with Crippen LogP contribution in [0.25, 0.3) is 0 Å². The molecule has 7 nitrogen and oxygen atoms in total. The number of nitrogens with one attached hydrogen (secondary N) is 1. The lowest BCUT2D eigenvalue weighted by Crippen LogP contribution is -2.14. The molecule has 0 bridgehead atoms. The molecule has 0 fully saturated rings. The van der Waals surface area contributed by atoms with Gasteiger partial charge >= 0.3 is 6.01 Å². The third-order valence-corrected chi connectivity index (χ3v) is 3.70. The number of fused-ring (bicyclic) bond motifs is 1. The highest BCUT2D eigenvalue weighted by atomic mass is 16.4. The summed E-state index contributed by atoms with van der Waals surface area (Å²) in [5.74, 6) is 1.30. The molecular formula is C14H20N6O. The summed E-state index contributed by atoms with van der Waals surface area (Å²) in [7, 11) is 0. The third-order valence-electron chi connectivity index (χ3n) is 3.70. The number of hydrogen-bond donors (Lipinski definition) is 2. The maximum absolute atomic E-state index is 5.42. The molecule has 0 radical (unpaired) electrons. The zero-order valence-electron chi connectivity index (χ0n) is 12.2. The largest absolute Gasteiger partial charge is 0.407 e. The van der Waals surface area contributed by atoms with Crippen molar-refractivity contribution in [2.75, 3.05) is 11.9 Å². The van der Waals surface area contributed by atoms with E-state index < -0.39 is 0 Å². The Balaban J connectivity index is 1.61. The SMILES string of the molecule is Cc1nc(CCNc2nnc(CN)o2)nc2c1CCCC2. The van der Waals surface area contributed by atoms with Crippen molar-refractivity contribution < 1.29 is 4.42 Å². The van der Waals surface area contributed by atoms with E-state index in [1.54, 1.807) is 0 Å². The van der Waals surface area contributed by atoms with Crippen LogP contribution in [-0.4, -0.2) is 26.7 Å². The Morgan fingerprint density at radius 3 is 2.86 bits per heavy atom. The highest BCUT2D eigenvalue weighted by Gasteiger charge is 2.15. The standard InChI is InChI=1S/C14H20N6O/c1-9-10-4-2-3-5-11(10)18-12(17-9)6-7-16-14-20-19-13(8-15)21-14/h2-8,15H2,1H3,(H,16,20). The van der Waals surface area contributed by atoms with Crippen LogP contribution in [-0.2, 0) is 25.8 Å². The molecule has 0 aliphatic heterocycles. The molecule has 112 valence electrons. The Morgan fingerprint density at radius 2 is 2.05 bits per heavy atom. The summed E-state index contributed by atoms with van der Waals surface area (Å²) in [6.07, 6.45) is 5.39. The summed E-state index contributed by atoms with van der Waals surface area (Å²) >= 11 is 0. The molecule has 3 N–H and O–H groups in total. The second-order valence-corrected chi connectivity index (χ2v) is 5.24. The van der Waals surface area contributed by atoms with Crippen molar-refractivity contribution in [2.24, 2.45) is 5.73 Å². The number of aryl methyl sites for hydroxylation is 2. The van der Waals surface area contributed by atoms with Gasteiger partial charge in [0.2, 0.25) is 5.89 Å². The maximum atomic E-state index is 5.42. The molecular weight excluding hydrogens is 268 g/mol. The van der Waals surface area contributed by atoms with E-state index in [1.165, 1.54) is 24.1 Å². The van der Waals surface area contributed by atoms with Crippen LogP contribution in [0.2, 0.25) is 0 Å². The van der Waals surface area contributed by atoms with Crippen molar-refractivity contribution in [1.29, 1.82) is 0 Å². The molecule has 21 heavy (non-hydrogen) atoms.